The Morgan fingerprint density at radius 1 is 0.963 bits per heavy atom. The second-order valence-electron chi connectivity index (χ2n) is 6.27. The monoisotopic (exact) mass is 392 g/mol. The van der Waals surface area contributed by atoms with Gasteiger partial charge in [-0.15, -0.1) is 0 Å². The number of carbonyl (C=O) groups is 2. The molecule has 144 valence electrons. The molecule has 2 aromatic rings. The number of quaternary nitrogens is 1. The molecule has 2 aromatic carbocycles. The molecule has 3 N–H and O–H groups in total. The molecule has 5 nitrogen and oxygen atoms in total. The standard InChI is InChI=1S/C20H23ClFN3O2/c1-2-25(13-19(26)23-11-15-6-8-18(22)9-7-15)14-20(27)24-12-16-4-3-5-17(21)10-16/h3-10H,2,11-14H2,1H3,(H,23,26)(H,24,27)/p+1. The summed E-state index contributed by atoms with van der Waals surface area (Å²) >= 11 is 5.93. The molecular weight excluding hydrogens is 369 g/mol. The van der Waals surface area contributed by atoms with E-state index in [4.69, 9.17) is 11.6 Å². The van der Waals surface area contributed by atoms with Crippen LogP contribution in [0.2, 0.25) is 5.02 Å². The Morgan fingerprint density at radius 3 is 2.11 bits per heavy atom. The lowest BCUT2D eigenvalue weighted by Crippen LogP contribution is -3.14. The molecular formula is C20H24ClFN3O2+. The lowest BCUT2D eigenvalue weighted by atomic mass is 10.2. The highest BCUT2D eigenvalue weighted by atomic mass is 35.5. The normalized spacial score (nSPS) is 11.7. The highest BCUT2D eigenvalue weighted by Gasteiger charge is 2.16. The van der Waals surface area contributed by atoms with Gasteiger partial charge in [-0.2, -0.15) is 0 Å². The topological polar surface area (TPSA) is 62.6 Å². The first-order valence-corrected chi connectivity index (χ1v) is 9.20. The molecule has 27 heavy (non-hydrogen) atoms. The number of hydrogen-bond acceptors (Lipinski definition) is 2. The zero-order chi connectivity index (χ0) is 19.6. The molecule has 0 spiro atoms. The van der Waals surface area contributed by atoms with Gasteiger partial charge < -0.3 is 15.5 Å². The lowest BCUT2D eigenvalue weighted by Gasteiger charge is -2.17. The number of rotatable bonds is 9. The highest BCUT2D eigenvalue weighted by molar-refractivity contribution is 6.30. The van der Waals surface area contributed by atoms with E-state index in [1.807, 2.05) is 19.1 Å². The second kappa shape index (κ2) is 10.6. The van der Waals surface area contributed by atoms with Crippen LogP contribution >= 0.6 is 11.6 Å². The molecule has 0 saturated heterocycles. The number of nitrogens with one attached hydrogen (secondary N) is 3. The van der Waals surface area contributed by atoms with E-state index in [2.05, 4.69) is 10.6 Å². The largest absolute Gasteiger partial charge is 0.347 e. The third-order valence-corrected chi connectivity index (χ3v) is 4.34. The van der Waals surface area contributed by atoms with Crippen LogP contribution in [0.25, 0.3) is 0 Å². The van der Waals surface area contributed by atoms with Crippen LogP contribution in [0.15, 0.2) is 48.5 Å². The summed E-state index contributed by atoms with van der Waals surface area (Å²) in [6.45, 7) is 3.70. The van der Waals surface area contributed by atoms with Crippen LogP contribution in [0.3, 0.4) is 0 Å². The first-order valence-electron chi connectivity index (χ1n) is 8.82. The van der Waals surface area contributed by atoms with Crippen molar-refractivity contribution < 1.29 is 18.9 Å². The predicted octanol–water partition coefficient (Wildman–Crippen LogP) is 1.32. The Labute approximate surface area is 163 Å². The Morgan fingerprint density at radius 2 is 1.56 bits per heavy atom. The van der Waals surface area contributed by atoms with Crippen molar-refractivity contribution in [1.29, 1.82) is 0 Å². The average Bonchev–Trinajstić information content (AvgIpc) is 2.65. The van der Waals surface area contributed by atoms with Crippen molar-refractivity contribution in [2.75, 3.05) is 19.6 Å². The smallest absolute Gasteiger partial charge is 0.275 e. The maximum atomic E-state index is 12.9. The Hall–Kier alpha value is -2.44. The fourth-order valence-electron chi connectivity index (χ4n) is 2.54. The molecule has 0 aliphatic heterocycles. The molecule has 2 rings (SSSR count). The molecule has 1 unspecified atom stereocenters. The van der Waals surface area contributed by atoms with E-state index in [0.717, 1.165) is 16.0 Å². The molecule has 0 aliphatic carbocycles. The summed E-state index contributed by atoms with van der Waals surface area (Å²) in [6.07, 6.45) is 0. The Bertz CT molecular complexity index is 768. The molecule has 2 amide bonds. The van der Waals surface area contributed by atoms with E-state index in [1.54, 1.807) is 24.3 Å². The lowest BCUT2D eigenvalue weighted by molar-refractivity contribution is -0.881. The number of benzene rings is 2. The second-order valence-corrected chi connectivity index (χ2v) is 6.70. The number of hydrogen-bond donors (Lipinski definition) is 3. The molecule has 0 heterocycles. The van der Waals surface area contributed by atoms with Crippen LogP contribution in [0.1, 0.15) is 18.1 Å². The first-order chi connectivity index (χ1) is 13.0. The molecule has 0 aliphatic rings. The third-order valence-electron chi connectivity index (χ3n) is 4.10. The van der Waals surface area contributed by atoms with Gasteiger partial charge in [0.15, 0.2) is 13.1 Å². The SMILES string of the molecule is CC[NH+](CC(=O)NCc1ccc(F)cc1)CC(=O)NCc1cccc(Cl)c1. The highest BCUT2D eigenvalue weighted by Crippen LogP contribution is 2.10. The summed E-state index contributed by atoms with van der Waals surface area (Å²) in [4.78, 5) is 25.1. The van der Waals surface area contributed by atoms with E-state index in [9.17, 15) is 14.0 Å². The van der Waals surface area contributed by atoms with E-state index in [-0.39, 0.29) is 30.7 Å². The minimum absolute atomic E-state index is 0.127. The molecule has 0 radical (unpaired) electrons. The fraction of sp³-hybridized carbons (Fsp3) is 0.300. The van der Waals surface area contributed by atoms with Gasteiger partial charge in [-0.25, -0.2) is 4.39 Å². The van der Waals surface area contributed by atoms with Gasteiger partial charge in [0.2, 0.25) is 0 Å². The van der Waals surface area contributed by atoms with Gasteiger partial charge in [0.1, 0.15) is 5.82 Å². The summed E-state index contributed by atoms with van der Waals surface area (Å²) < 4.78 is 12.9. The Balaban J connectivity index is 1.73. The van der Waals surface area contributed by atoms with Gasteiger partial charge in [0.25, 0.3) is 11.8 Å². The zero-order valence-electron chi connectivity index (χ0n) is 15.2. The first kappa shape index (κ1) is 20.9. The van der Waals surface area contributed by atoms with Gasteiger partial charge in [0, 0.05) is 18.1 Å². The maximum absolute atomic E-state index is 12.9. The van der Waals surface area contributed by atoms with Crippen molar-refractivity contribution in [3.05, 3.63) is 70.5 Å². The van der Waals surface area contributed by atoms with Crippen LogP contribution < -0.4 is 15.5 Å². The Kier molecular flexibility index (Phi) is 8.23. The number of halogens is 2. The zero-order valence-corrected chi connectivity index (χ0v) is 16.0. The summed E-state index contributed by atoms with van der Waals surface area (Å²) in [6, 6.07) is 13.3. The van der Waals surface area contributed by atoms with E-state index in [0.29, 0.717) is 24.7 Å². The fourth-order valence-corrected chi connectivity index (χ4v) is 2.75. The minimum atomic E-state index is -0.310. The third kappa shape index (κ3) is 7.76. The molecule has 0 bridgehead atoms. The van der Waals surface area contributed by atoms with E-state index < -0.39 is 0 Å². The predicted molar refractivity (Wildman–Crippen MR) is 103 cm³/mol. The summed E-state index contributed by atoms with van der Waals surface area (Å²) in [5.41, 5.74) is 1.74. The maximum Gasteiger partial charge on any atom is 0.275 e. The minimum Gasteiger partial charge on any atom is -0.347 e. The van der Waals surface area contributed by atoms with Crippen molar-refractivity contribution in [2.24, 2.45) is 0 Å². The average molecular weight is 393 g/mol. The molecule has 0 saturated carbocycles. The summed E-state index contributed by atoms with van der Waals surface area (Å²) in [5.74, 6) is -0.590. The van der Waals surface area contributed by atoms with Gasteiger partial charge in [-0.3, -0.25) is 9.59 Å². The number of amides is 2. The molecule has 0 fully saturated rings. The molecule has 7 heteroatoms. The van der Waals surface area contributed by atoms with Crippen LogP contribution in [0.5, 0.6) is 0 Å². The van der Waals surface area contributed by atoms with Crippen LogP contribution in [-0.2, 0) is 22.7 Å². The van der Waals surface area contributed by atoms with Crippen molar-refractivity contribution in [1.82, 2.24) is 10.6 Å². The van der Waals surface area contributed by atoms with Crippen LogP contribution in [0.4, 0.5) is 4.39 Å². The van der Waals surface area contributed by atoms with Gasteiger partial charge in [0.05, 0.1) is 6.54 Å². The number of likely N-dealkylation sites (N-methyl/N-ethyl adjacent to an activating group) is 1. The van der Waals surface area contributed by atoms with E-state index >= 15 is 0 Å². The van der Waals surface area contributed by atoms with Gasteiger partial charge in [-0.05, 0) is 42.3 Å². The summed E-state index contributed by atoms with van der Waals surface area (Å²) in [7, 11) is 0. The van der Waals surface area contributed by atoms with Crippen molar-refractivity contribution in [3.63, 3.8) is 0 Å². The summed E-state index contributed by atoms with van der Waals surface area (Å²) in [5, 5.41) is 6.26. The van der Waals surface area contributed by atoms with Crippen LogP contribution in [0, 0.1) is 5.82 Å². The van der Waals surface area contributed by atoms with Gasteiger partial charge >= 0.3 is 0 Å². The quantitative estimate of drug-likeness (QED) is 0.602. The number of carbonyl (C=O) groups excluding carboxylic acids is 2. The van der Waals surface area contributed by atoms with Gasteiger partial charge in [-0.1, -0.05) is 35.9 Å². The molecule has 0 aromatic heterocycles. The molecule has 1 atom stereocenters. The van der Waals surface area contributed by atoms with E-state index in [1.165, 1.54) is 12.1 Å². The van der Waals surface area contributed by atoms with Crippen molar-refractivity contribution >= 4 is 23.4 Å². The van der Waals surface area contributed by atoms with Crippen LogP contribution in [-0.4, -0.2) is 31.4 Å². The van der Waals surface area contributed by atoms with Crippen molar-refractivity contribution in [3.8, 4) is 0 Å². The van der Waals surface area contributed by atoms with Crippen molar-refractivity contribution in [2.45, 2.75) is 20.0 Å².